The fourth-order valence-electron chi connectivity index (χ4n) is 4.60. The number of hydrogen-bond donors (Lipinski definition) is 3. The Labute approximate surface area is 191 Å². The van der Waals surface area contributed by atoms with Crippen molar-refractivity contribution >= 4 is 22.5 Å². The molecule has 1 amide bonds. The quantitative estimate of drug-likeness (QED) is 0.380. The van der Waals surface area contributed by atoms with Crippen LogP contribution < -0.4 is 10.6 Å². The summed E-state index contributed by atoms with van der Waals surface area (Å²) < 4.78 is 1.62. The third kappa shape index (κ3) is 4.24. The largest absolute Gasteiger partial charge is 0.383 e. The standard InChI is InChI=1S/C25H27N7O/c1-3-16(2)30-18-8-6-17(7-9-18)25(33)27-14-19-13-21-20(10-12-26-24(21)31-19)22-15-29-32-23(22)5-4-11-28-32/h3-5,10-13,15,17-18,30H,1-2,6-9,14H2,(H,26,31)(H,27,33). The van der Waals surface area contributed by atoms with E-state index in [0.717, 1.165) is 64.8 Å². The van der Waals surface area contributed by atoms with Crippen LogP contribution >= 0.6 is 0 Å². The first kappa shape index (κ1) is 20.9. The van der Waals surface area contributed by atoms with Gasteiger partial charge < -0.3 is 15.6 Å². The van der Waals surface area contributed by atoms with Crippen LogP contribution in [0.4, 0.5) is 0 Å². The second kappa shape index (κ2) is 8.90. The summed E-state index contributed by atoms with van der Waals surface area (Å²) in [6.07, 6.45) is 10.7. The predicted molar refractivity (Wildman–Crippen MR) is 128 cm³/mol. The molecule has 0 bridgehead atoms. The molecule has 0 aromatic carbocycles. The SMILES string of the molecule is C=CC(=C)NC1CCC(C(=O)NCc2cc3c(-c4cnn5ncccc45)ccnc3[nH]2)CC1. The molecule has 1 aliphatic rings. The number of nitrogens with one attached hydrogen (secondary N) is 3. The van der Waals surface area contributed by atoms with Gasteiger partial charge in [-0.15, -0.1) is 0 Å². The number of H-pyrrole nitrogens is 1. The number of hydrogen-bond acceptors (Lipinski definition) is 5. The van der Waals surface area contributed by atoms with Gasteiger partial charge in [0.05, 0.1) is 18.3 Å². The van der Waals surface area contributed by atoms with Crippen LogP contribution in [0.1, 0.15) is 31.4 Å². The van der Waals surface area contributed by atoms with E-state index in [9.17, 15) is 4.79 Å². The minimum Gasteiger partial charge on any atom is -0.383 e. The van der Waals surface area contributed by atoms with Gasteiger partial charge in [0.25, 0.3) is 0 Å². The number of fused-ring (bicyclic) bond motifs is 2. The highest BCUT2D eigenvalue weighted by Crippen LogP contribution is 2.31. The van der Waals surface area contributed by atoms with Crippen molar-refractivity contribution in [1.29, 1.82) is 0 Å². The molecule has 4 aromatic heterocycles. The zero-order valence-corrected chi connectivity index (χ0v) is 18.4. The van der Waals surface area contributed by atoms with Crippen LogP contribution in [-0.4, -0.2) is 36.7 Å². The van der Waals surface area contributed by atoms with Crippen LogP contribution in [0.3, 0.4) is 0 Å². The van der Waals surface area contributed by atoms with Gasteiger partial charge in [-0.05, 0) is 61.6 Å². The molecular formula is C25H27N7O. The van der Waals surface area contributed by atoms with E-state index in [-0.39, 0.29) is 11.8 Å². The average molecular weight is 442 g/mol. The van der Waals surface area contributed by atoms with E-state index in [4.69, 9.17) is 0 Å². The summed E-state index contributed by atoms with van der Waals surface area (Å²) in [5.41, 5.74) is 5.51. The monoisotopic (exact) mass is 441 g/mol. The lowest BCUT2D eigenvalue weighted by atomic mass is 9.85. The van der Waals surface area contributed by atoms with Crippen LogP contribution in [0.25, 0.3) is 27.7 Å². The summed E-state index contributed by atoms with van der Waals surface area (Å²) in [6, 6.07) is 8.30. The number of carbonyl (C=O) groups is 1. The van der Waals surface area contributed by atoms with E-state index in [1.54, 1.807) is 23.1 Å². The van der Waals surface area contributed by atoms with Gasteiger partial charge in [-0.1, -0.05) is 13.2 Å². The van der Waals surface area contributed by atoms with Gasteiger partial charge in [0.2, 0.25) is 5.91 Å². The van der Waals surface area contributed by atoms with Gasteiger partial charge >= 0.3 is 0 Å². The molecule has 0 aliphatic heterocycles. The van der Waals surface area contributed by atoms with Gasteiger partial charge in [-0.3, -0.25) is 4.79 Å². The molecule has 5 rings (SSSR count). The molecule has 0 saturated heterocycles. The highest BCUT2D eigenvalue weighted by atomic mass is 16.1. The molecule has 168 valence electrons. The summed E-state index contributed by atoms with van der Waals surface area (Å²) >= 11 is 0. The summed E-state index contributed by atoms with van der Waals surface area (Å²) in [5, 5.41) is 16.1. The van der Waals surface area contributed by atoms with Gasteiger partial charge in [0, 0.05) is 46.7 Å². The fraction of sp³-hybridized carbons (Fsp3) is 0.280. The van der Waals surface area contributed by atoms with Gasteiger partial charge in [0.1, 0.15) is 5.65 Å². The second-order valence-electron chi connectivity index (χ2n) is 8.51. The van der Waals surface area contributed by atoms with Crippen LogP contribution in [0.15, 0.2) is 67.8 Å². The van der Waals surface area contributed by atoms with Crippen molar-refractivity contribution in [3.8, 4) is 11.1 Å². The molecule has 8 nitrogen and oxygen atoms in total. The first-order valence-corrected chi connectivity index (χ1v) is 11.2. The molecular weight excluding hydrogens is 414 g/mol. The highest BCUT2D eigenvalue weighted by Gasteiger charge is 2.26. The number of rotatable bonds is 7. The Balaban J connectivity index is 1.26. The van der Waals surface area contributed by atoms with Crippen LogP contribution in [0, 0.1) is 5.92 Å². The number of aromatic amines is 1. The van der Waals surface area contributed by atoms with Crippen molar-refractivity contribution in [1.82, 2.24) is 35.4 Å². The molecule has 33 heavy (non-hydrogen) atoms. The molecule has 1 aliphatic carbocycles. The summed E-state index contributed by atoms with van der Waals surface area (Å²) in [7, 11) is 0. The normalized spacial score (nSPS) is 18.3. The van der Waals surface area contributed by atoms with Gasteiger partial charge in [-0.25, -0.2) is 4.98 Å². The van der Waals surface area contributed by atoms with E-state index < -0.39 is 0 Å². The molecule has 0 radical (unpaired) electrons. The first-order valence-electron chi connectivity index (χ1n) is 11.2. The topological polar surface area (TPSA) is 100 Å². The lowest BCUT2D eigenvalue weighted by Gasteiger charge is -2.29. The number of pyridine rings is 1. The number of nitrogens with zero attached hydrogens (tertiary/aromatic N) is 4. The first-order chi connectivity index (χ1) is 16.1. The average Bonchev–Trinajstić information content (AvgIpc) is 3.47. The number of allylic oxidation sites excluding steroid dienone is 1. The minimum absolute atomic E-state index is 0.0457. The maximum absolute atomic E-state index is 12.8. The third-order valence-electron chi connectivity index (χ3n) is 6.37. The maximum atomic E-state index is 12.8. The zero-order valence-electron chi connectivity index (χ0n) is 18.4. The maximum Gasteiger partial charge on any atom is 0.223 e. The van der Waals surface area contributed by atoms with Crippen LogP contribution in [-0.2, 0) is 11.3 Å². The second-order valence-corrected chi connectivity index (χ2v) is 8.51. The molecule has 0 spiro atoms. The van der Waals surface area contributed by atoms with Crippen molar-refractivity contribution in [2.24, 2.45) is 5.92 Å². The molecule has 0 unspecified atom stereocenters. The molecule has 4 heterocycles. The van der Waals surface area contributed by atoms with E-state index in [1.807, 2.05) is 24.4 Å². The Kier molecular flexibility index (Phi) is 5.64. The van der Waals surface area contributed by atoms with E-state index in [2.05, 4.69) is 50.0 Å². The predicted octanol–water partition coefficient (Wildman–Crippen LogP) is 3.74. The molecule has 4 aromatic rings. The number of amides is 1. The molecule has 1 saturated carbocycles. The molecule has 1 fully saturated rings. The number of carbonyl (C=O) groups excluding carboxylic acids is 1. The van der Waals surface area contributed by atoms with Crippen LogP contribution in [0.2, 0.25) is 0 Å². The molecule has 3 N–H and O–H groups in total. The summed E-state index contributed by atoms with van der Waals surface area (Å²) in [6.45, 7) is 8.09. The lowest BCUT2D eigenvalue weighted by molar-refractivity contribution is -0.126. The minimum atomic E-state index is 0.0457. The van der Waals surface area contributed by atoms with Crippen molar-refractivity contribution in [3.63, 3.8) is 0 Å². The fourth-order valence-corrected chi connectivity index (χ4v) is 4.60. The van der Waals surface area contributed by atoms with E-state index >= 15 is 0 Å². The summed E-state index contributed by atoms with van der Waals surface area (Å²) in [5.74, 6) is 0.154. The smallest absolute Gasteiger partial charge is 0.223 e. The van der Waals surface area contributed by atoms with Crippen molar-refractivity contribution in [2.75, 3.05) is 0 Å². The van der Waals surface area contributed by atoms with Gasteiger partial charge in [0.15, 0.2) is 0 Å². The van der Waals surface area contributed by atoms with Gasteiger partial charge in [-0.2, -0.15) is 14.8 Å². The Morgan fingerprint density at radius 3 is 2.85 bits per heavy atom. The van der Waals surface area contributed by atoms with E-state index in [1.165, 1.54) is 0 Å². The third-order valence-corrected chi connectivity index (χ3v) is 6.37. The lowest BCUT2D eigenvalue weighted by Crippen LogP contribution is -2.37. The van der Waals surface area contributed by atoms with E-state index in [0.29, 0.717) is 12.6 Å². The Bertz CT molecular complexity index is 1330. The van der Waals surface area contributed by atoms with Crippen LogP contribution in [0.5, 0.6) is 0 Å². The Morgan fingerprint density at radius 1 is 1.18 bits per heavy atom. The van der Waals surface area contributed by atoms with Crippen molar-refractivity contribution < 1.29 is 4.79 Å². The zero-order chi connectivity index (χ0) is 22.8. The molecule has 8 heteroatoms. The Morgan fingerprint density at radius 2 is 2.03 bits per heavy atom. The summed E-state index contributed by atoms with van der Waals surface area (Å²) in [4.78, 5) is 20.6. The van der Waals surface area contributed by atoms with Crippen molar-refractivity contribution in [3.05, 3.63) is 73.5 Å². The van der Waals surface area contributed by atoms with Crippen molar-refractivity contribution in [2.45, 2.75) is 38.3 Å². The Hall–Kier alpha value is -3.94. The highest BCUT2D eigenvalue weighted by molar-refractivity contribution is 5.97. The molecule has 0 atom stereocenters. The number of aromatic nitrogens is 5.